The molecule has 0 radical (unpaired) electrons. The number of aryl methyl sites for hydroxylation is 1. The van der Waals surface area contributed by atoms with Gasteiger partial charge in [0.25, 0.3) is 0 Å². The largest absolute Gasteiger partial charge is 0.478 e. The molecule has 0 saturated carbocycles. The third kappa shape index (κ3) is 1.56. The van der Waals surface area contributed by atoms with Crippen LogP contribution < -0.4 is 0 Å². The third-order valence-electron chi connectivity index (χ3n) is 2.21. The lowest BCUT2D eigenvalue weighted by Crippen LogP contribution is -2.35. The molecular weight excluding hydrogens is 200 g/mol. The number of oxime groups is 1. The maximum absolute atomic E-state index is 10.9. The summed E-state index contributed by atoms with van der Waals surface area (Å²) in [6, 6.07) is 0. The number of carboxylic acid groups (broad SMARTS) is 1. The Bertz CT molecular complexity index is 439. The van der Waals surface area contributed by atoms with Crippen LogP contribution in [0.3, 0.4) is 0 Å². The van der Waals surface area contributed by atoms with E-state index < -0.39 is 11.6 Å². The van der Waals surface area contributed by atoms with E-state index >= 15 is 0 Å². The van der Waals surface area contributed by atoms with Crippen molar-refractivity contribution in [1.82, 2.24) is 15.0 Å². The van der Waals surface area contributed by atoms with Gasteiger partial charge < -0.3 is 9.94 Å². The molecule has 2 rings (SSSR count). The monoisotopic (exact) mass is 210 g/mol. The summed E-state index contributed by atoms with van der Waals surface area (Å²) in [7, 11) is 1.73. The van der Waals surface area contributed by atoms with Crippen LogP contribution in [0, 0.1) is 0 Å². The Kier molecular flexibility index (Phi) is 1.95. The predicted octanol–water partition coefficient (Wildman–Crippen LogP) is -0.217. The smallest absolute Gasteiger partial charge is 0.351 e. The Hall–Kier alpha value is -1.92. The highest BCUT2D eigenvalue weighted by Crippen LogP contribution is 2.25. The third-order valence-corrected chi connectivity index (χ3v) is 2.21. The number of nitrogens with zero attached hydrogens (tertiary/aromatic N) is 4. The van der Waals surface area contributed by atoms with Crippen molar-refractivity contribution in [3.63, 3.8) is 0 Å². The Morgan fingerprint density at radius 1 is 1.73 bits per heavy atom. The Balaban J connectivity index is 2.20. The van der Waals surface area contributed by atoms with E-state index in [4.69, 9.17) is 9.94 Å². The Morgan fingerprint density at radius 3 is 2.93 bits per heavy atom. The highest BCUT2D eigenvalue weighted by atomic mass is 16.7. The number of hydrogen-bond donors (Lipinski definition) is 1. The van der Waals surface area contributed by atoms with E-state index in [1.54, 1.807) is 13.2 Å². The highest BCUT2D eigenvalue weighted by molar-refractivity contribution is 6.02. The summed E-state index contributed by atoms with van der Waals surface area (Å²) in [6.07, 6.45) is 1.86. The van der Waals surface area contributed by atoms with Crippen LogP contribution in [0.15, 0.2) is 11.4 Å². The van der Waals surface area contributed by atoms with Crippen LogP contribution in [0.25, 0.3) is 0 Å². The lowest BCUT2D eigenvalue weighted by atomic mass is 9.99. The average Bonchev–Trinajstić information content (AvgIpc) is 2.73. The van der Waals surface area contributed by atoms with Gasteiger partial charge in [0.15, 0.2) is 0 Å². The van der Waals surface area contributed by atoms with Crippen LogP contribution in [0.4, 0.5) is 0 Å². The minimum atomic E-state index is -1.28. The molecule has 1 aliphatic rings. The summed E-state index contributed by atoms with van der Waals surface area (Å²) in [4.78, 5) is 15.8. The van der Waals surface area contributed by atoms with E-state index in [1.165, 1.54) is 11.6 Å². The molecule has 0 spiro atoms. The van der Waals surface area contributed by atoms with Crippen molar-refractivity contribution >= 4 is 11.7 Å². The molecule has 1 N–H and O–H groups in total. The van der Waals surface area contributed by atoms with Crippen LogP contribution in [0.5, 0.6) is 0 Å². The van der Waals surface area contributed by atoms with Gasteiger partial charge in [-0.3, -0.25) is 4.68 Å². The van der Waals surface area contributed by atoms with Crippen molar-refractivity contribution in [1.29, 1.82) is 0 Å². The molecule has 1 unspecified atom stereocenters. The number of hydrogen-bond acceptors (Lipinski definition) is 5. The number of carbonyl (C=O) groups is 1. The number of carboxylic acids is 1. The summed E-state index contributed by atoms with van der Waals surface area (Å²) in [5.74, 6) is -1.04. The van der Waals surface area contributed by atoms with Gasteiger partial charge in [0.1, 0.15) is 11.4 Å². The van der Waals surface area contributed by atoms with Gasteiger partial charge in [-0.15, -0.1) is 5.10 Å². The second kappa shape index (κ2) is 3.04. The lowest BCUT2D eigenvalue weighted by molar-refractivity contribution is -0.160. The number of rotatable bonds is 2. The van der Waals surface area contributed by atoms with E-state index in [1.807, 2.05) is 0 Å². The van der Waals surface area contributed by atoms with Gasteiger partial charge in [0.05, 0.1) is 6.20 Å². The molecule has 1 aliphatic heterocycles. The quantitative estimate of drug-likeness (QED) is 0.729. The fourth-order valence-corrected chi connectivity index (χ4v) is 1.27. The van der Waals surface area contributed by atoms with E-state index in [9.17, 15) is 4.79 Å². The number of aliphatic carboxylic acids is 1. The van der Waals surface area contributed by atoms with Crippen molar-refractivity contribution in [2.75, 3.05) is 0 Å². The molecule has 1 atom stereocenters. The molecule has 0 saturated heterocycles. The van der Waals surface area contributed by atoms with Gasteiger partial charge in [-0.05, 0) is 6.92 Å². The Morgan fingerprint density at radius 2 is 2.47 bits per heavy atom. The summed E-state index contributed by atoms with van der Waals surface area (Å²) in [6.45, 7) is 1.47. The Labute approximate surface area is 85.3 Å². The van der Waals surface area contributed by atoms with Crippen molar-refractivity contribution < 1.29 is 14.7 Å². The fraction of sp³-hybridized carbons (Fsp3) is 0.500. The molecule has 1 aromatic rings. The first-order valence-electron chi connectivity index (χ1n) is 4.36. The second-order valence-electron chi connectivity index (χ2n) is 3.62. The van der Waals surface area contributed by atoms with E-state index in [0.717, 1.165) is 0 Å². The first-order chi connectivity index (χ1) is 7.01. The van der Waals surface area contributed by atoms with Crippen LogP contribution in [0.1, 0.15) is 19.0 Å². The summed E-state index contributed by atoms with van der Waals surface area (Å²) in [5, 5.41) is 20.2. The van der Waals surface area contributed by atoms with Gasteiger partial charge in [-0.25, -0.2) is 4.79 Å². The lowest BCUT2D eigenvalue weighted by Gasteiger charge is -2.14. The van der Waals surface area contributed by atoms with E-state index in [2.05, 4.69) is 15.5 Å². The average molecular weight is 210 g/mol. The van der Waals surface area contributed by atoms with Gasteiger partial charge >= 0.3 is 5.97 Å². The van der Waals surface area contributed by atoms with Crippen molar-refractivity contribution in [3.8, 4) is 0 Å². The maximum Gasteiger partial charge on any atom is 0.351 e. The topological polar surface area (TPSA) is 89.6 Å². The maximum atomic E-state index is 10.9. The highest BCUT2D eigenvalue weighted by Gasteiger charge is 2.42. The van der Waals surface area contributed by atoms with Crippen LogP contribution in [-0.2, 0) is 16.7 Å². The van der Waals surface area contributed by atoms with E-state index in [0.29, 0.717) is 11.4 Å². The first-order valence-corrected chi connectivity index (χ1v) is 4.36. The molecule has 7 heteroatoms. The SMILES string of the molecule is Cn1cc(C2=NOC(C)(C(=O)O)C2)nn1. The number of aromatic nitrogens is 3. The molecule has 2 heterocycles. The first kappa shape index (κ1) is 9.63. The van der Waals surface area contributed by atoms with Gasteiger partial charge in [0.2, 0.25) is 5.60 Å². The zero-order chi connectivity index (χ0) is 11.1. The minimum absolute atomic E-state index is 0.195. The molecule has 80 valence electrons. The minimum Gasteiger partial charge on any atom is -0.478 e. The summed E-state index contributed by atoms with van der Waals surface area (Å²) < 4.78 is 1.52. The zero-order valence-corrected chi connectivity index (χ0v) is 8.34. The van der Waals surface area contributed by atoms with Crippen LogP contribution in [-0.4, -0.2) is 37.4 Å². The van der Waals surface area contributed by atoms with E-state index in [-0.39, 0.29) is 6.42 Å². The molecule has 0 aliphatic carbocycles. The molecule has 15 heavy (non-hydrogen) atoms. The van der Waals surface area contributed by atoms with Crippen LogP contribution >= 0.6 is 0 Å². The molecule has 0 amide bonds. The van der Waals surface area contributed by atoms with Crippen LogP contribution in [0.2, 0.25) is 0 Å². The molecule has 1 aromatic heterocycles. The normalized spacial score (nSPS) is 24.8. The van der Waals surface area contributed by atoms with Crippen molar-refractivity contribution in [2.45, 2.75) is 18.9 Å². The molecular formula is C8H10N4O3. The predicted molar refractivity (Wildman–Crippen MR) is 49.3 cm³/mol. The van der Waals surface area contributed by atoms with Crippen molar-refractivity contribution in [3.05, 3.63) is 11.9 Å². The van der Waals surface area contributed by atoms with Crippen molar-refractivity contribution in [2.24, 2.45) is 12.2 Å². The van der Waals surface area contributed by atoms with Gasteiger partial charge in [-0.2, -0.15) is 0 Å². The van der Waals surface area contributed by atoms with Gasteiger partial charge in [-0.1, -0.05) is 10.4 Å². The standard InChI is InChI=1S/C8H10N4O3/c1-8(7(13)14)3-5(10-15-8)6-4-12(2)11-9-6/h4H,3H2,1-2H3,(H,13,14). The zero-order valence-electron chi connectivity index (χ0n) is 8.34. The summed E-state index contributed by atoms with van der Waals surface area (Å²) in [5.41, 5.74) is -0.234. The molecule has 0 fully saturated rings. The second-order valence-corrected chi connectivity index (χ2v) is 3.62. The summed E-state index contributed by atoms with van der Waals surface area (Å²) >= 11 is 0. The van der Waals surface area contributed by atoms with Gasteiger partial charge in [0, 0.05) is 13.5 Å². The molecule has 0 bridgehead atoms. The fourth-order valence-electron chi connectivity index (χ4n) is 1.27. The molecule has 0 aromatic carbocycles. The molecule has 7 nitrogen and oxygen atoms in total.